The Balaban J connectivity index is 1.56. The van der Waals surface area contributed by atoms with E-state index in [0.29, 0.717) is 46.0 Å². The number of benzene rings is 3. The number of anilines is 2. The van der Waals surface area contributed by atoms with Crippen molar-refractivity contribution in [2.24, 2.45) is 5.92 Å². The molecule has 1 fully saturated rings. The maximum atomic E-state index is 13.9. The van der Waals surface area contributed by atoms with Gasteiger partial charge in [-0.3, -0.25) is 9.59 Å². The number of nitrogens with zero attached hydrogens (tertiary/aromatic N) is 2. The van der Waals surface area contributed by atoms with E-state index in [9.17, 15) is 9.59 Å². The van der Waals surface area contributed by atoms with E-state index < -0.39 is 12.0 Å². The summed E-state index contributed by atoms with van der Waals surface area (Å²) < 4.78 is 28.2. The third kappa shape index (κ3) is 5.45. The van der Waals surface area contributed by atoms with Gasteiger partial charge in [0.25, 0.3) is 0 Å². The van der Waals surface area contributed by atoms with Gasteiger partial charge < -0.3 is 33.9 Å². The van der Waals surface area contributed by atoms with E-state index in [1.165, 1.54) is 32.7 Å². The molecule has 1 aliphatic heterocycles. The van der Waals surface area contributed by atoms with Gasteiger partial charge in [0.1, 0.15) is 11.5 Å². The lowest BCUT2D eigenvalue weighted by molar-refractivity contribution is -0.125. The van der Waals surface area contributed by atoms with Crippen molar-refractivity contribution in [1.82, 2.24) is 4.98 Å². The molecule has 1 aliphatic rings. The first kappa shape index (κ1) is 28.0. The lowest BCUT2D eigenvalue weighted by Crippen LogP contribution is -2.47. The Bertz CT molecular complexity index is 1550. The minimum Gasteiger partial charge on any atom is -0.497 e. The third-order valence-electron chi connectivity index (χ3n) is 7.14. The summed E-state index contributed by atoms with van der Waals surface area (Å²) in [4.78, 5) is 33.7. The Hall–Kier alpha value is -4.51. The molecule has 2 heterocycles. The standard InChI is InChI=1S/C30H31N3O7S/c1-36-19-8-6-17(7-9-19)27-21(29(35)32-30-31-22-12-10-20(37-2)16-25(22)41-30)11-13-26(34)33(27)18-14-23(38-3)28(40-5)24(15-18)39-4/h6-10,12,14-16,21,27H,11,13H2,1-5H3,(H,31,32,35)/t21-,27-/m1/s1. The highest BCUT2D eigenvalue weighted by Gasteiger charge is 2.42. The van der Waals surface area contributed by atoms with Crippen molar-refractivity contribution in [1.29, 1.82) is 0 Å². The van der Waals surface area contributed by atoms with Gasteiger partial charge in [-0.1, -0.05) is 23.5 Å². The zero-order valence-corrected chi connectivity index (χ0v) is 24.2. The summed E-state index contributed by atoms with van der Waals surface area (Å²) in [5, 5.41) is 3.48. The minimum atomic E-state index is -0.626. The lowest BCUT2D eigenvalue weighted by atomic mass is 9.83. The zero-order valence-electron chi connectivity index (χ0n) is 23.4. The minimum absolute atomic E-state index is 0.128. The number of hydrogen-bond acceptors (Lipinski definition) is 9. The van der Waals surface area contributed by atoms with Crippen molar-refractivity contribution in [3.63, 3.8) is 0 Å². The van der Waals surface area contributed by atoms with Gasteiger partial charge in [-0.2, -0.15) is 0 Å². The summed E-state index contributed by atoms with van der Waals surface area (Å²) in [5.74, 6) is 1.65. The monoisotopic (exact) mass is 577 g/mol. The fourth-order valence-corrected chi connectivity index (χ4v) is 6.04. The molecule has 2 amide bonds. The van der Waals surface area contributed by atoms with Crippen LogP contribution in [0.4, 0.5) is 10.8 Å². The first-order chi connectivity index (χ1) is 19.9. The molecule has 5 rings (SSSR count). The molecule has 0 aliphatic carbocycles. The highest BCUT2D eigenvalue weighted by atomic mass is 32.1. The summed E-state index contributed by atoms with van der Waals surface area (Å²) in [6.07, 6.45) is 0.541. The normalized spacial score (nSPS) is 16.8. The van der Waals surface area contributed by atoms with Crippen LogP contribution in [-0.2, 0) is 9.59 Å². The predicted molar refractivity (Wildman–Crippen MR) is 157 cm³/mol. The second-order valence-electron chi connectivity index (χ2n) is 9.35. The number of fused-ring (bicyclic) bond motifs is 1. The molecule has 214 valence electrons. The third-order valence-corrected chi connectivity index (χ3v) is 8.08. The van der Waals surface area contributed by atoms with Gasteiger partial charge in [0.05, 0.1) is 63.4 Å². The number of piperidine rings is 1. The van der Waals surface area contributed by atoms with Crippen LogP contribution in [0.3, 0.4) is 0 Å². The molecule has 0 radical (unpaired) electrons. The lowest BCUT2D eigenvalue weighted by Gasteiger charge is -2.41. The van der Waals surface area contributed by atoms with Crippen molar-refractivity contribution >= 4 is 44.2 Å². The molecular weight excluding hydrogens is 546 g/mol. The molecule has 0 spiro atoms. The number of nitrogens with one attached hydrogen (secondary N) is 1. The van der Waals surface area contributed by atoms with Crippen molar-refractivity contribution in [3.05, 3.63) is 60.2 Å². The van der Waals surface area contributed by atoms with Gasteiger partial charge >= 0.3 is 0 Å². The van der Waals surface area contributed by atoms with E-state index in [1.54, 1.807) is 31.3 Å². The number of carbonyl (C=O) groups excluding carboxylic acids is 2. The molecule has 41 heavy (non-hydrogen) atoms. The molecule has 2 atom stereocenters. The summed E-state index contributed by atoms with van der Waals surface area (Å²) >= 11 is 1.37. The Kier molecular flexibility index (Phi) is 8.16. The predicted octanol–water partition coefficient (Wildman–Crippen LogP) is 5.46. The van der Waals surface area contributed by atoms with E-state index in [2.05, 4.69) is 10.3 Å². The highest BCUT2D eigenvalue weighted by molar-refractivity contribution is 7.22. The maximum absolute atomic E-state index is 13.9. The fraction of sp³-hybridized carbons (Fsp3) is 0.300. The van der Waals surface area contributed by atoms with Crippen molar-refractivity contribution in [2.75, 3.05) is 45.8 Å². The van der Waals surface area contributed by atoms with E-state index >= 15 is 0 Å². The molecule has 4 aromatic rings. The first-order valence-electron chi connectivity index (χ1n) is 12.9. The zero-order chi connectivity index (χ0) is 29.1. The smallest absolute Gasteiger partial charge is 0.231 e. The van der Waals surface area contributed by atoms with E-state index in [1.807, 2.05) is 42.5 Å². The van der Waals surface area contributed by atoms with Gasteiger partial charge in [-0.25, -0.2) is 4.98 Å². The van der Waals surface area contributed by atoms with Crippen LogP contribution in [0.15, 0.2) is 54.6 Å². The highest BCUT2D eigenvalue weighted by Crippen LogP contribution is 2.46. The van der Waals surface area contributed by atoms with Crippen LogP contribution in [0, 0.1) is 5.92 Å². The first-order valence-corrected chi connectivity index (χ1v) is 13.7. The van der Waals surface area contributed by atoms with Crippen LogP contribution in [0.5, 0.6) is 28.7 Å². The number of rotatable bonds is 9. The van der Waals surface area contributed by atoms with Crippen LogP contribution in [-0.4, -0.2) is 52.3 Å². The van der Waals surface area contributed by atoms with Crippen molar-refractivity contribution in [3.8, 4) is 28.7 Å². The number of thiazole rings is 1. The summed E-state index contributed by atoms with van der Waals surface area (Å²) in [6.45, 7) is 0. The van der Waals surface area contributed by atoms with Crippen molar-refractivity contribution in [2.45, 2.75) is 18.9 Å². The van der Waals surface area contributed by atoms with Gasteiger partial charge in [0.15, 0.2) is 16.6 Å². The van der Waals surface area contributed by atoms with Crippen LogP contribution in [0.1, 0.15) is 24.4 Å². The quantitative estimate of drug-likeness (QED) is 0.279. The Morgan fingerprint density at radius 3 is 2.15 bits per heavy atom. The molecule has 0 saturated carbocycles. The average Bonchev–Trinajstić information content (AvgIpc) is 3.41. The summed E-state index contributed by atoms with van der Waals surface area (Å²) in [5.41, 5.74) is 2.06. The number of amides is 2. The largest absolute Gasteiger partial charge is 0.497 e. The number of methoxy groups -OCH3 is 5. The number of ether oxygens (including phenoxy) is 5. The van der Waals surface area contributed by atoms with E-state index in [4.69, 9.17) is 23.7 Å². The van der Waals surface area contributed by atoms with Crippen LogP contribution in [0.25, 0.3) is 10.2 Å². The molecule has 1 saturated heterocycles. The molecule has 1 N–H and O–H groups in total. The Labute approximate surface area is 241 Å². The molecule has 3 aromatic carbocycles. The number of hydrogen-bond donors (Lipinski definition) is 1. The van der Waals surface area contributed by atoms with Crippen LogP contribution >= 0.6 is 11.3 Å². The Morgan fingerprint density at radius 1 is 0.878 bits per heavy atom. The number of aromatic nitrogens is 1. The molecular formula is C30H31N3O7S. The Morgan fingerprint density at radius 2 is 1.54 bits per heavy atom. The van der Waals surface area contributed by atoms with E-state index in [-0.39, 0.29) is 18.2 Å². The van der Waals surface area contributed by atoms with Crippen LogP contribution in [0.2, 0.25) is 0 Å². The van der Waals surface area contributed by atoms with Crippen LogP contribution < -0.4 is 33.9 Å². The second-order valence-corrected chi connectivity index (χ2v) is 10.4. The topological polar surface area (TPSA) is 108 Å². The average molecular weight is 578 g/mol. The molecule has 0 unspecified atom stereocenters. The molecule has 0 bridgehead atoms. The second kappa shape index (κ2) is 11.9. The van der Waals surface area contributed by atoms with Gasteiger partial charge in [0.2, 0.25) is 17.6 Å². The molecule has 11 heteroatoms. The summed E-state index contributed by atoms with van der Waals surface area (Å²) in [6, 6.07) is 15.8. The van der Waals surface area contributed by atoms with Gasteiger partial charge in [-0.15, -0.1) is 0 Å². The van der Waals surface area contributed by atoms with Gasteiger partial charge in [-0.05, 0) is 42.3 Å². The summed E-state index contributed by atoms with van der Waals surface area (Å²) in [7, 11) is 7.75. The maximum Gasteiger partial charge on any atom is 0.231 e. The molecule has 1 aromatic heterocycles. The fourth-order valence-electron chi connectivity index (χ4n) is 5.14. The molecule has 10 nitrogen and oxygen atoms in total. The van der Waals surface area contributed by atoms with Gasteiger partial charge in [0, 0.05) is 18.6 Å². The number of carbonyl (C=O) groups is 2. The SMILES string of the molecule is COc1ccc([C@@H]2[C@H](C(=O)Nc3nc4ccc(OC)cc4s3)CCC(=O)N2c2cc(OC)c(OC)c(OC)c2)cc1. The van der Waals surface area contributed by atoms with E-state index in [0.717, 1.165) is 15.8 Å². The van der Waals surface area contributed by atoms with Crippen molar-refractivity contribution < 1.29 is 33.3 Å².